The van der Waals surface area contributed by atoms with Crippen LogP contribution in [0.25, 0.3) is 0 Å². The molecule has 1 aromatic heterocycles. The lowest BCUT2D eigenvalue weighted by Crippen LogP contribution is -2.79. The number of rotatable bonds is 8. The minimum absolute atomic E-state index is 0.0317. The number of nitrogens with one attached hydrogen (secondary N) is 2. The van der Waals surface area contributed by atoms with Crippen molar-refractivity contribution in [3.8, 4) is 0 Å². The Hall–Kier alpha value is -2.39. The van der Waals surface area contributed by atoms with Crippen molar-refractivity contribution >= 4 is 17.7 Å². The molecule has 0 bridgehead atoms. The molecule has 0 aromatic carbocycles. The molecule has 13 nitrogen and oxygen atoms in total. The van der Waals surface area contributed by atoms with Gasteiger partial charge in [0.25, 0.3) is 0 Å². The molecule has 10 rings (SSSR count). The number of esters is 2. The van der Waals surface area contributed by atoms with Gasteiger partial charge in [-0.2, -0.15) is 0 Å². The molecular formula is C44H62N2O11. The predicted molar refractivity (Wildman–Crippen MR) is 202 cm³/mol. The third-order valence-corrected chi connectivity index (χ3v) is 17.7. The van der Waals surface area contributed by atoms with Crippen molar-refractivity contribution in [2.45, 2.75) is 152 Å². The van der Waals surface area contributed by atoms with Gasteiger partial charge in [0.15, 0.2) is 11.9 Å². The van der Waals surface area contributed by atoms with Crippen molar-refractivity contribution in [1.29, 1.82) is 0 Å². The molecule has 2 spiro atoms. The van der Waals surface area contributed by atoms with Gasteiger partial charge in [-0.25, -0.2) is 4.79 Å². The molecule has 9 fully saturated rings. The fourth-order valence-corrected chi connectivity index (χ4v) is 15.5. The highest BCUT2D eigenvalue weighted by atomic mass is 16.7. The van der Waals surface area contributed by atoms with E-state index in [0.29, 0.717) is 42.5 Å². The van der Waals surface area contributed by atoms with E-state index >= 15 is 4.79 Å². The lowest BCUT2D eigenvalue weighted by molar-refractivity contribution is -0.275. The zero-order chi connectivity index (χ0) is 39.7. The fourth-order valence-electron chi connectivity index (χ4n) is 15.5. The smallest absolute Gasteiger partial charge is 0.339 e. The third-order valence-electron chi connectivity index (χ3n) is 17.7. The Morgan fingerprint density at radius 3 is 2.46 bits per heavy atom. The van der Waals surface area contributed by atoms with E-state index in [1.165, 1.54) is 0 Å². The quantitative estimate of drug-likeness (QED) is 0.190. The number of aliphatic hydroxyl groups excluding tert-OH is 3. The highest BCUT2D eigenvalue weighted by molar-refractivity contribution is 5.92. The van der Waals surface area contributed by atoms with Crippen molar-refractivity contribution in [2.75, 3.05) is 26.4 Å². The second-order valence-corrected chi connectivity index (χ2v) is 20.3. The summed E-state index contributed by atoms with van der Waals surface area (Å²) in [5, 5.41) is 41.6. The first-order chi connectivity index (χ1) is 27.3. The molecule has 314 valence electrons. The summed E-state index contributed by atoms with van der Waals surface area (Å²) in [4.78, 5) is 42.5. The van der Waals surface area contributed by atoms with Crippen molar-refractivity contribution in [1.82, 2.24) is 10.6 Å². The van der Waals surface area contributed by atoms with Gasteiger partial charge in [-0.1, -0.05) is 26.2 Å². The van der Waals surface area contributed by atoms with Gasteiger partial charge in [0.1, 0.15) is 30.2 Å². The summed E-state index contributed by atoms with van der Waals surface area (Å²) < 4.78 is 32.3. The molecule has 0 unspecified atom stereocenters. The molecule has 4 aliphatic carbocycles. The number of Topliss-reactive ketones (excluding diaryl/α,β-unsaturated/α-hetero) is 1. The van der Waals surface area contributed by atoms with Gasteiger partial charge in [0, 0.05) is 47.5 Å². The third kappa shape index (κ3) is 5.14. The van der Waals surface area contributed by atoms with E-state index in [2.05, 4.69) is 17.6 Å². The molecule has 4 saturated carbocycles. The lowest BCUT2D eigenvalue weighted by Gasteiger charge is -2.70. The van der Waals surface area contributed by atoms with Crippen LogP contribution in [0.1, 0.15) is 115 Å². The number of hydrogen-bond donors (Lipinski definition) is 5. The van der Waals surface area contributed by atoms with Gasteiger partial charge in [-0.05, 0) is 101 Å². The molecule has 9 aliphatic rings. The number of carbonyl (C=O) groups is 3. The topological polar surface area (TPSA) is 189 Å². The minimum atomic E-state index is -1.42. The van der Waals surface area contributed by atoms with Gasteiger partial charge in [-0.3, -0.25) is 9.59 Å². The van der Waals surface area contributed by atoms with Crippen LogP contribution in [0.5, 0.6) is 0 Å². The van der Waals surface area contributed by atoms with Crippen LogP contribution in [0.2, 0.25) is 0 Å². The number of carbonyl (C=O) groups excluding carboxylic acids is 3. The summed E-state index contributed by atoms with van der Waals surface area (Å²) >= 11 is 0. The first kappa shape index (κ1) is 38.8. The van der Waals surface area contributed by atoms with Crippen LogP contribution < -0.4 is 10.6 Å². The maximum atomic E-state index is 15.2. The summed E-state index contributed by atoms with van der Waals surface area (Å²) in [6.45, 7) is 7.37. The van der Waals surface area contributed by atoms with E-state index in [-0.39, 0.29) is 55.1 Å². The minimum Gasteiger partial charge on any atom is -0.469 e. The van der Waals surface area contributed by atoms with E-state index in [1.54, 1.807) is 6.26 Å². The molecule has 5 saturated heterocycles. The van der Waals surface area contributed by atoms with Crippen molar-refractivity contribution in [3.05, 3.63) is 23.7 Å². The largest absolute Gasteiger partial charge is 0.469 e. The summed E-state index contributed by atoms with van der Waals surface area (Å²) in [7, 11) is 0. The molecule has 0 radical (unpaired) electrons. The van der Waals surface area contributed by atoms with E-state index in [0.717, 1.165) is 71.0 Å². The molecule has 6 heterocycles. The number of aliphatic hydroxyl groups is 3. The molecule has 1 aromatic rings. The first-order valence-corrected chi connectivity index (χ1v) is 22.1. The van der Waals surface area contributed by atoms with E-state index < -0.39 is 69.9 Å². The van der Waals surface area contributed by atoms with Gasteiger partial charge < -0.3 is 49.3 Å². The Balaban J connectivity index is 1.04. The van der Waals surface area contributed by atoms with Crippen LogP contribution in [0.15, 0.2) is 16.7 Å². The monoisotopic (exact) mass is 794 g/mol. The number of epoxide rings is 1. The lowest BCUT2D eigenvalue weighted by atomic mass is 9.33. The summed E-state index contributed by atoms with van der Waals surface area (Å²) in [5.74, 6) is -1.21. The average molecular weight is 795 g/mol. The van der Waals surface area contributed by atoms with Crippen LogP contribution in [0, 0.1) is 51.8 Å². The zero-order valence-electron chi connectivity index (χ0n) is 33.7. The van der Waals surface area contributed by atoms with Crippen molar-refractivity contribution in [2.24, 2.45) is 51.8 Å². The zero-order valence-corrected chi connectivity index (χ0v) is 33.7. The normalized spacial score (nSPS) is 47.4. The molecule has 0 amide bonds. The molecule has 57 heavy (non-hydrogen) atoms. The van der Waals surface area contributed by atoms with Crippen LogP contribution in [0.4, 0.5) is 0 Å². The molecule has 5 N–H and O–H groups in total. The highest BCUT2D eigenvalue weighted by Crippen LogP contribution is 2.82. The van der Waals surface area contributed by atoms with E-state index in [1.807, 2.05) is 19.9 Å². The first-order valence-electron chi connectivity index (χ1n) is 22.1. The van der Waals surface area contributed by atoms with Gasteiger partial charge in [0.05, 0.1) is 43.0 Å². The Bertz CT molecular complexity index is 1760. The number of hydrogen-bond acceptors (Lipinski definition) is 13. The number of fused-ring (bicyclic) bond motifs is 1. The number of ether oxygens (including phenoxy) is 4. The van der Waals surface area contributed by atoms with E-state index in [9.17, 15) is 24.9 Å². The highest BCUT2D eigenvalue weighted by Gasteiger charge is 2.92. The Morgan fingerprint density at radius 2 is 1.74 bits per heavy atom. The Labute approximate surface area is 334 Å². The second kappa shape index (κ2) is 13.6. The molecule has 13 heteroatoms. The maximum Gasteiger partial charge on any atom is 0.339 e. The van der Waals surface area contributed by atoms with Crippen LogP contribution in [-0.4, -0.2) is 101 Å². The molecule has 5 aliphatic heterocycles. The number of ketones is 1. The molecule has 13 atom stereocenters. The molecular weight excluding hydrogens is 732 g/mol. The average Bonchev–Trinajstić information content (AvgIpc) is 3.47. The SMILES string of the molecule is CC1(C)O[C@H]2CC(=O)OC[C@@]23[C@@H]1C(=O)[C@@H](O)[C@]1(C2CCCCC2)[C@@H]3CC[C@@]2(C)[C@H](c3ccoc3C[C@@H](C3CCC([C@@H]4CNCN4)CC3)[C@H](O)CO)OC(=O)[C@H]3O[C@@]312. The Morgan fingerprint density at radius 1 is 0.965 bits per heavy atom. The van der Waals surface area contributed by atoms with Gasteiger partial charge in [-0.15, -0.1) is 0 Å². The standard InChI is InChI=1S/C44H62N2O11/c1-40(2)35-34(50)36(51)43(25-7-5-4-6-8-25)31(42(35)21-54-33(49)18-32(42)56-40)13-15-41(3)37(55-39(52)38-44(41,43)57-38)26-14-16-53-30(26)17-27(29(48)20-47)23-9-11-24(12-10-23)28-19-45-22-46-28/h14,16,23-25,27-29,31-32,35-38,45-48,51H,4-13,15,17-22H2,1-3H3/t23?,24?,27-,28-,29+,31+,32-,35+,36+,37-,38+,41-,42-,43-,44+/m0/s1. The van der Waals surface area contributed by atoms with Crippen LogP contribution in [0.3, 0.4) is 0 Å². The second-order valence-electron chi connectivity index (χ2n) is 20.3. The van der Waals surface area contributed by atoms with Crippen molar-refractivity contribution in [3.63, 3.8) is 0 Å². The fraction of sp³-hybridized carbons (Fsp3) is 0.841. The van der Waals surface area contributed by atoms with Gasteiger partial charge >= 0.3 is 11.9 Å². The van der Waals surface area contributed by atoms with Gasteiger partial charge in [0.2, 0.25) is 0 Å². The maximum absolute atomic E-state index is 15.2. The van der Waals surface area contributed by atoms with Crippen molar-refractivity contribution < 1.29 is 53.1 Å². The number of cyclic esters (lactones) is 2. The Kier molecular flexibility index (Phi) is 9.23. The summed E-state index contributed by atoms with van der Waals surface area (Å²) in [6.07, 6.45) is 6.96. The predicted octanol–water partition coefficient (Wildman–Crippen LogP) is 3.51. The van der Waals surface area contributed by atoms with Crippen LogP contribution >= 0.6 is 0 Å². The number of furan rings is 1. The summed E-state index contributed by atoms with van der Waals surface area (Å²) in [6, 6.07) is 2.32. The van der Waals surface area contributed by atoms with Crippen LogP contribution in [-0.2, 0) is 39.8 Å². The summed E-state index contributed by atoms with van der Waals surface area (Å²) in [5.41, 5.74) is -4.38. The van der Waals surface area contributed by atoms with E-state index in [4.69, 9.17) is 23.4 Å².